The maximum atomic E-state index is 12.2. The molecule has 0 aromatic heterocycles. The maximum Gasteiger partial charge on any atom is 0.387 e. The highest BCUT2D eigenvalue weighted by Gasteiger charge is 2.15. The van der Waals surface area contributed by atoms with E-state index in [4.69, 9.17) is 10.4 Å². The molecule has 0 saturated heterocycles. The number of carboxylic acids is 1. The number of carboxylic acid groups (broad SMARTS) is 1. The van der Waals surface area contributed by atoms with Gasteiger partial charge in [-0.05, 0) is 29.7 Å². The molecule has 4 nitrogen and oxygen atoms in total. The molecule has 18 heavy (non-hydrogen) atoms. The minimum atomic E-state index is -2.99. The number of hydrogen-bond acceptors (Lipinski definition) is 3. The first-order chi connectivity index (χ1) is 8.47. The van der Waals surface area contributed by atoms with E-state index >= 15 is 0 Å². The van der Waals surface area contributed by atoms with Crippen LogP contribution in [0.1, 0.15) is 23.6 Å². The largest absolute Gasteiger partial charge is 0.481 e. The van der Waals surface area contributed by atoms with Gasteiger partial charge in [0.25, 0.3) is 0 Å². The Labute approximate surface area is 102 Å². The van der Waals surface area contributed by atoms with Gasteiger partial charge >= 0.3 is 12.6 Å². The normalized spacial score (nSPS) is 10.2. The molecule has 0 spiro atoms. The van der Waals surface area contributed by atoms with Gasteiger partial charge in [0.05, 0.1) is 18.1 Å². The molecule has 0 radical (unpaired) electrons. The smallest absolute Gasteiger partial charge is 0.387 e. The fraction of sp³-hybridized carbons (Fsp3) is 0.333. The molecule has 0 saturated carbocycles. The quantitative estimate of drug-likeness (QED) is 0.876. The van der Waals surface area contributed by atoms with E-state index in [1.165, 1.54) is 12.1 Å². The van der Waals surface area contributed by atoms with Crippen molar-refractivity contribution in [1.82, 2.24) is 0 Å². The van der Waals surface area contributed by atoms with E-state index in [0.29, 0.717) is 12.0 Å². The number of halogens is 2. The molecular formula is C12H11F2NO3. The summed E-state index contributed by atoms with van der Waals surface area (Å²) in [5.74, 6) is -1.22. The number of nitrogens with zero attached hydrogens (tertiary/aromatic N) is 1. The van der Waals surface area contributed by atoms with Gasteiger partial charge in [-0.15, -0.1) is 0 Å². The number of benzene rings is 1. The summed E-state index contributed by atoms with van der Waals surface area (Å²) in [6.07, 6.45) is -0.00340. The van der Waals surface area contributed by atoms with E-state index in [9.17, 15) is 13.6 Å². The van der Waals surface area contributed by atoms with Gasteiger partial charge in [-0.1, -0.05) is 6.92 Å². The maximum absolute atomic E-state index is 12.2. The standard InChI is InChI=1S/C12H11F2NO3/c1-2-7-3-9(6-15)8(5-11(16)17)4-10(7)18-12(13)14/h3-4,12H,2,5H2,1H3,(H,16,17). The van der Waals surface area contributed by atoms with Crippen LogP contribution in [0.2, 0.25) is 0 Å². The Morgan fingerprint density at radius 2 is 2.17 bits per heavy atom. The molecule has 0 atom stereocenters. The molecule has 96 valence electrons. The summed E-state index contributed by atoms with van der Waals surface area (Å²) in [5, 5.41) is 17.6. The Morgan fingerprint density at radius 3 is 2.61 bits per heavy atom. The monoisotopic (exact) mass is 255 g/mol. The van der Waals surface area contributed by atoms with Crippen molar-refractivity contribution in [3.05, 3.63) is 28.8 Å². The third kappa shape index (κ3) is 3.42. The zero-order valence-corrected chi connectivity index (χ0v) is 9.61. The first-order valence-electron chi connectivity index (χ1n) is 5.20. The van der Waals surface area contributed by atoms with Crippen molar-refractivity contribution in [3.8, 4) is 11.8 Å². The minimum absolute atomic E-state index is 0.0808. The van der Waals surface area contributed by atoms with Crippen LogP contribution < -0.4 is 4.74 Å². The SMILES string of the molecule is CCc1cc(C#N)c(CC(=O)O)cc1OC(F)F. The van der Waals surface area contributed by atoms with E-state index in [-0.39, 0.29) is 16.9 Å². The van der Waals surface area contributed by atoms with E-state index in [1.54, 1.807) is 6.92 Å². The molecule has 0 aliphatic heterocycles. The second kappa shape index (κ2) is 5.96. The van der Waals surface area contributed by atoms with Crippen LogP contribution in [0.4, 0.5) is 8.78 Å². The molecule has 0 unspecified atom stereocenters. The van der Waals surface area contributed by atoms with Crippen LogP contribution in [0.15, 0.2) is 12.1 Å². The molecular weight excluding hydrogens is 244 g/mol. The molecule has 0 amide bonds. The zero-order chi connectivity index (χ0) is 13.7. The van der Waals surface area contributed by atoms with Crippen LogP contribution in [0.5, 0.6) is 5.75 Å². The third-order valence-electron chi connectivity index (χ3n) is 2.35. The summed E-state index contributed by atoms with van der Waals surface area (Å²) in [4.78, 5) is 10.6. The van der Waals surface area contributed by atoms with Crippen LogP contribution in [-0.2, 0) is 17.6 Å². The highest BCUT2D eigenvalue weighted by molar-refractivity contribution is 5.72. The van der Waals surface area contributed by atoms with Crippen molar-refractivity contribution in [2.75, 3.05) is 0 Å². The second-order valence-electron chi connectivity index (χ2n) is 3.53. The number of aliphatic carboxylic acids is 1. The fourth-order valence-electron chi connectivity index (χ4n) is 1.56. The molecule has 1 aromatic rings. The summed E-state index contributed by atoms with van der Waals surface area (Å²) in [5.41, 5.74) is 0.773. The predicted octanol–water partition coefficient (Wildman–Crippen LogP) is 2.35. The minimum Gasteiger partial charge on any atom is -0.481 e. The summed E-state index contributed by atoms with van der Waals surface area (Å²) >= 11 is 0. The Bertz CT molecular complexity index is 495. The molecule has 0 heterocycles. The van der Waals surface area contributed by atoms with Gasteiger partial charge in [0.2, 0.25) is 0 Å². The lowest BCUT2D eigenvalue weighted by Crippen LogP contribution is -2.08. The lowest BCUT2D eigenvalue weighted by molar-refractivity contribution is -0.136. The van der Waals surface area contributed by atoms with Gasteiger partial charge in [-0.25, -0.2) is 0 Å². The average molecular weight is 255 g/mol. The van der Waals surface area contributed by atoms with Crippen molar-refractivity contribution < 1.29 is 23.4 Å². The molecule has 0 fully saturated rings. The van der Waals surface area contributed by atoms with Gasteiger partial charge in [0, 0.05) is 0 Å². The fourth-order valence-corrected chi connectivity index (χ4v) is 1.56. The highest BCUT2D eigenvalue weighted by atomic mass is 19.3. The predicted molar refractivity (Wildman–Crippen MR) is 58.5 cm³/mol. The Morgan fingerprint density at radius 1 is 1.50 bits per heavy atom. The number of ether oxygens (including phenoxy) is 1. The number of alkyl halides is 2. The summed E-state index contributed by atoms with van der Waals surface area (Å²) in [7, 11) is 0. The summed E-state index contributed by atoms with van der Waals surface area (Å²) in [6.45, 7) is -1.26. The molecule has 1 rings (SSSR count). The van der Waals surface area contributed by atoms with Crippen LogP contribution in [0.3, 0.4) is 0 Å². The molecule has 1 N–H and O–H groups in total. The summed E-state index contributed by atoms with van der Waals surface area (Å²) < 4.78 is 28.7. The number of hydrogen-bond donors (Lipinski definition) is 1. The van der Waals surface area contributed by atoms with E-state index < -0.39 is 19.0 Å². The van der Waals surface area contributed by atoms with Crippen molar-refractivity contribution in [3.63, 3.8) is 0 Å². The molecule has 6 heteroatoms. The van der Waals surface area contributed by atoms with Crippen LogP contribution in [0, 0.1) is 11.3 Å². The topological polar surface area (TPSA) is 70.3 Å². The molecule has 0 aliphatic rings. The van der Waals surface area contributed by atoms with Gasteiger partial charge < -0.3 is 9.84 Å². The second-order valence-corrected chi connectivity index (χ2v) is 3.53. The van der Waals surface area contributed by atoms with E-state index in [1.807, 2.05) is 6.07 Å². The Hall–Kier alpha value is -2.16. The number of aryl methyl sites for hydroxylation is 1. The first kappa shape index (κ1) is 13.9. The van der Waals surface area contributed by atoms with Gasteiger partial charge in [-0.2, -0.15) is 14.0 Å². The Kier molecular flexibility index (Phi) is 4.60. The zero-order valence-electron chi connectivity index (χ0n) is 9.61. The highest BCUT2D eigenvalue weighted by Crippen LogP contribution is 2.26. The lowest BCUT2D eigenvalue weighted by atomic mass is 10.00. The number of rotatable bonds is 5. The van der Waals surface area contributed by atoms with Crippen molar-refractivity contribution in [2.45, 2.75) is 26.4 Å². The average Bonchev–Trinajstić information content (AvgIpc) is 2.28. The van der Waals surface area contributed by atoms with Gasteiger partial charge in [0.1, 0.15) is 5.75 Å². The third-order valence-corrected chi connectivity index (χ3v) is 2.35. The van der Waals surface area contributed by atoms with E-state index in [2.05, 4.69) is 4.74 Å². The van der Waals surface area contributed by atoms with Crippen molar-refractivity contribution in [2.24, 2.45) is 0 Å². The molecule has 1 aromatic carbocycles. The van der Waals surface area contributed by atoms with Crippen LogP contribution in [-0.4, -0.2) is 17.7 Å². The van der Waals surface area contributed by atoms with Crippen LogP contribution in [0.25, 0.3) is 0 Å². The van der Waals surface area contributed by atoms with Crippen LogP contribution >= 0.6 is 0 Å². The van der Waals surface area contributed by atoms with Gasteiger partial charge in [-0.3, -0.25) is 4.79 Å². The lowest BCUT2D eigenvalue weighted by Gasteiger charge is -2.12. The molecule has 0 aliphatic carbocycles. The number of carbonyl (C=O) groups is 1. The molecule has 0 bridgehead atoms. The van der Waals surface area contributed by atoms with Crippen molar-refractivity contribution >= 4 is 5.97 Å². The number of nitriles is 1. The van der Waals surface area contributed by atoms with E-state index in [0.717, 1.165) is 0 Å². The summed E-state index contributed by atoms with van der Waals surface area (Å²) in [6, 6.07) is 4.43. The van der Waals surface area contributed by atoms with Gasteiger partial charge in [0.15, 0.2) is 0 Å². The van der Waals surface area contributed by atoms with Crippen molar-refractivity contribution in [1.29, 1.82) is 5.26 Å². The Balaban J connectivity index is 3.25. The first-order valence-corrected chi connectivity index (χ1v) is 5.20.